The Morgan fingerprint density at radius 3 is 2.21 bits per heavy atom. The number of aliphatic carboxylic acids is 1. The van der Waals surface area contributed by atoms with E-state index in [4.69, 9.17) is 5.11 Å². The van der Waals surface area contributed by atoms with Crippen molar-refractivity contribution < 1.29 is 27.9 Å². The van der Waals surface area contributed by atoms with Crippen molar-refractivity contribution >= 4 is 18.0 Å². The summed E-state index contributed by atoms with van der Waals surface area (Å²) in [6.45, 7) is 1.44. The maximum absolute atomic E-state index is 13.6. The van der Waals surface area contributed by atoms with Crippen molar-refractivity contribution in [1.29, 1.82) is 0 Å². The van der Waals surface area contributed by atoms with Gasteiger partial charge in [-0.3, -0.25) is 4.79 Å². The van der Waals surface area contributed by atoms with Crippen LogP contribution in [0.3, 0.4) is 0 Å². The summed E-state index contributed by atoms with van der Waals surface area (Å²) in [6, 6.07) is 19.7. The van der Waals surface area contributed by atoms with Gasteiger partial charge in [0, 0.05) is 18.2 Å². The van der Waals surface area contributed by atoms with E-state index in [1.807, 2.05) is 0 Å². The van der Waals surface area contributed by atoms with Crippen LogP contribution in [0, 0.1) is 0 Å². The Labute approximate surface area is 189 Å². The number of rotatable bonds is 7. The lowest BCUT2D eigenvalue weighted by Crippen LogP contribution is -2.34. The van der Waals surface area contributed by atoms with E-state index in [9.17, 15) is 22.8 Å². The molecule has 33 heavy (non-hydrogen) atoms. The summed E-state index contributed by atoms with van der Waals surface area (Å²) in [5.41, 5.74) is 0.681. The first-order valence-electron chi connectivity index (χ1n) is 10.2. The van der Waals surface area contributed by atoms with Crippen LogP contribution in [0.1, 0.15) is 45.6 Å². The topological polar surface area (TPSA) is 57.6 Å². The summed E-state index contributed by atoms with van der Waals surface area (Å²) in [6.07, 6.45) is -2.18. The molecular formula is C26H22F3NO3. The monoisotopic (exact) mass is 453 g/mol. The Morgan fingerprint density at radius 2 is 1.55 bits per heavy atom. The van der Waals surface area contributed by atoms with Crippen molar-refractivity contribution in [1.82, 2.24) is 4.90 Å². The maximum Gasteiger partial charge on any atom is 0.416 e. The molecule has 7 heteroatoms. The smallest absolute Gasteiger partial charge is 0.416 e. The van der Waals surface area contributed by atoms with E-state index in [0.29, 0.717) is 16.7 Å². The number of benzene rings is 3. The van der Waals surface area contributed by atoms with Crippen LogP contribution in [0.15, 0.2) is 84.9 Å². The number of amides is 1. The minimum atomic E-state index is -4.57. The highest BCUT2D eigenvalue weighted by Gasteiger charge is 2.34. The molecule has 0 spiro atoms. The van der Waals surface area contributed by atoms with Gasteiger partial charge in [-0.1, -0.05) is 60.7 Å². The number of carboxylic acid groups (broad SMARTS) is 1. The van der Waals surface area contributed by atoms with Gasteiger partial charge in [-0.05, 0) is 47.9 Å². The van der Waals surface area contributed by atoms with Gasteiger partial charge in [-0.25, -0.2) is 4.79 Å². The Balaban J connectivity index is 2.08. The molecule has 0 saturated carbocycles. The molecule has 0 fully saturated rings. The van der Waals surface area contributed by atoms with E-state index in [2.05, 4.69) is 0 Å². The van der Waals surface area contributed by atoms with E-state index in [1.165, 1.54) is 29.2 Å². The van der Waals surface area contributed by atoms with Gasteiger partial charge in [0.05, 0.1) is 11.6 Å². The fraction of sp³-hybridized carbons (Fsp3) is 0.154. The van der Waals surface area contributed by atoms with E-state index < -0.39 is 29.7 Å². The molecule has 1 amide bonds. The second-order valence-electron chi connectivity index (χ2n) is 7.43. The van der Waals surface area contributed by atoms with Crippen molar-refractivity contribution in [2.75, 3.05) is 0 Å². The van der Waals surface area contributed by atoms with Gasteiger partial charge in [-0.15, -0.1) is 0 Å². The van der Waals surface area contributed by atoms with Crippen LogP contribution in [0.2, 0.25) is 0 Å². The van der Waals surface area contributed by atoms with Crippen molar-refractivity contribution in [2.45, 2.75) is 25.7 Å². The molecule has 1 unspecified atom stereocenters. The number of carbonyl (C=O) groups is 2. The average Bonchev–Trinajstić information content (AvgIpc) is 2.80. The Morgan fingerprint density at radius 1 is 0.939 bits per heavy atom. The molecule has 170 valence electrons. The third-order valence-corrected chi connectivity index (χ3v) is 5.26. The standard InChI is InChI=1S/C26H22F3NO3/c1-18(22-13-7-5-9-19(22)15-16-24(31)32)30(25(33)20-10-3-2-4-11-20)17-21-12-6-8-14-23(21)26(27,28)29/h2-16,18H,17H2,1H3,(H,31,32)/b16-15+. The van der Waals surface area contributed by atoms with Crippen molar-refractivity contribution in [3.8, 4) is 0 Å². The van der Waals surface area contributed by atoms with Crippen LogP contribution in [0.4, 0.5) is 13.2 Å². The quantitative estimate of drug-likeness (QED) is 0.433. The summed E-state index contributed by atoms with van der Waals surface area (Å²) in [5.74, 6) is -1.56. The van der Waals surface area contributed by atoms with Crippen molar-refractivity contribution in [3.63, 3.8) is 0 Å². The number of hydrogen-bond donors (Lipinski definition) is 1. The van der Waals surface area contributed by atoms with Gasteiger partial charge in [0.2, 0.25) is 0 Å². The van der Waals surface area contributed by atoms with Gasteiger partial charge >= 0.3 is 12.1 Å². The first-order chi connectivity index (χ1) is 15.7. The predicted octanol–water partition coefficient (Wildman–Crippen LogP) is 6.21. The molecule has 3 aromatic rings. The van der Waals surface area contributed by atoms with Crippen molar-refractivity contribution in [3.05, 3.63) is 113 Å². The molecule has 0 heterocycles. The van der Waals surface area contributed by atoms with Crippen LogP contribution in [-0.2, 0) is 17.5 Å². The fourth-order valence-corrected chi connectivity index (χ4v) is 3.62. The van der Waals surface area contributed by atoms with Gasteiger partial charge in [-0.2, -0.15) is 13.2 Å². The third kappa shape index (κ3) is 5.88. The summed E-state index contributed by atoms with van der Waals surface area (Å²) in [5, 5.41) is 8.99. The summed E-state index contributed by atoms with van der Waals surface area (Å²) < 4.78 is 40.9. The lowest BCUT2D eigenvalue weighted by molar-refractivity contribution is -0.138. The van der Waals surface area contributed by atoms with Crippen LogP contribution in [-0.4, -0.2) is 21.9 Å². The Kier molecular flexibility index (Phi) is 7.33. The molecule has 0 bridgehead atoms. The minimum Gasteiger partial charge on any atom is -0.478 e. The Hall–Kier alpha value is -3.87. The zero-order chi connectivity index (χ0) is 24.0. The van der Waals surface area contributed by atoms with Gasteiger partial charge < -0.3 is 10.0 Å². The normalized spacial score (nSPS) is 12.5. The van der Waals surface area contributed by atoms with Crippen LogP contribution >= 0.6 is 0 Å². The molecule has 1 atom stereocenters. The highest BCUT2D eigenvalue weighted by Crippen LogP contribution is 2.34. The molecule has 3 aromatic carbocycles. The van der Waals surface area contributed by atoms with E-state index in [-0.39, 0.29) is 12.1 Å². The minimum absolute atomic E-state index is 0.0281. The van der Waals surface area contributed by atoms with Crippen molar-refractivity contribution in [2.24, 2.45) is 0 Å². The fourth-order valence-electron chi connectivity index (χ4n) is 3.62. The van der Waals surface area contributed by atoms with Crippen LogP contribution in [0.5, 0.6) is 0 Å². The van der Waals surface area contributed by atoms with Gasteiger partial charge in [0.15, 0.2) is 0 Å². The molecule has 4 nitrogen and oxygen atoms in total. The highest BCUT2D eigenvalue weighted by atomic mass is 19.4. The largest absolute Gasteiger partial charge is 0.478 e. The highest BCUT2D eigenvalue weighted by molar-refractivity contribution is 5.94. The van der Waals surface area contributed by atoms with E-state index in [1.54, 1.807) is 61.5 Å². The second kappa shape index (κ2) is 10.2. The molecule has 0 aliphatic heterocycles. The number of halogens is 3. The average molecular weight is 453 g/mol. The second-order valence-corrected chi connectivity index (χ2v) is 7.43. The summed E-state index contributed by atoms with van der Waals surface area (Å²) in [4.78, 5) is 25.8. The molecule has 0 radical (unpaired) electrons. The lowest BCUT2D eigenvalue weighted by Gasteiger charge is -2.32. The Bertz CT molecular complexity index is 1160. The zero-order valence-electron chi connectivity index (χ0n) is 17.8. The molecular weight excluding hydrogens is 431 g/mol. The van der Waals surface area contributed by atoms with Gasteiger partial charge in [0.1, 0.15) is 0 Å². The third-order valence-electron chi connectivity index (χ3n) is 5.26. The predicted molar refractivity (Wildman–Crippen MR) is 119 cm³/mol. The summed E-state index contributed by atoms with van der Waals surface area (Å²) >= 11 is 0. The van der Waals surface area contributed by atoms with E-state index >= 15 is 0 Å². The van der Waals surface area contributed by atoms with Crippen LogP contribution in [0.25, 0.3) is 6.08 Å². The maximum atomic E-state index is 13.6. The molecule has 0 aliphatic carbocycles. The van der Waals surface area contributed by atoms with E-state index in [0.717, 1.165) is 12.1 Å². The molecule has 3 rings (SSSR count). The number of carboxylic acids is 1. The summed E-state index contributed by atoms with van der Waals surface area (Å²) in [7, 11) is 0. The van der Waals surface area contributed by atoms with Gasteiger partial charge in [0.25, 0.3) is 5.91 Å². The first-order valence-corrected chi connectivity index (χ1v) is 10.2. The SMILES string of the molecule is CC(c1ccccc1/C=C/C(=O)O)N(Cc1ccccc1C(F)(F)F)C(=O)c1ccccc1. The van der Waals surface area contributed by atoms with Crippen LogP contribution < -0.4 is 0 Å². The zero-order valence-corrected chi connectivity index (χ0v) is 17.8. The first kappa shape index (κ1) is 23.8. The number of alkyl halides is 3. The molecule has 0 saturated heterocycles. The number of hydrogen-bond acceptors (Lipinski definition) is 2. The number of carbonyl (C=O) groups excluding carboxylic acids is 1. The molecule has 1 N–H and O–H groups in total. The molecule has 0 aromatic heterocycles. The number of nitrogens with zero attached hydrogens (tertiary/aromatic N) is 1. The lowest BCUT2D eigenvalue weighted by atomic mass is 9.97. The molecule has 0 aliphatic rings.